The van der Waals surface area contributed by atoms with E-state index in [2.05, 4.69) is 15.0 Å². The van der Waals surface area contributed by atoms with Crippen LogP contribution in [0.2, 0.25) is 0 Å². The van der Waals surface area contributed by atoms with Crippen molar-refractivity contribution < 1.29 is 9.90 Å². The molecule has 0 bridgehead atoms. The predicted octanol–water partition coefficient (Wildman–Crippen LogP) is -0.507. The van der Waals surface area contributed by atoms with Crippen molar-refractivity contribution in [1.29, 1.82) is 0 Å². The van der Waals surface area contributed by atoms with Gasteiger partial charge in [-0.15, -0.1) is 0 Å². The highest BCUT2D eigenvalue weighted by Gasteiger charge is 2.08. The number of aliphatic hydroxyl groups is 1. The van der Waals surface area contributed by atoms with Crippen molar-refractivity contribution in [3.8, 4) is 0 Å². The van der Waals surface area contributed by atoms with Gasteiger partial charge in [0, 0.05) is 0 Å². The summed E-state index contributed by atoms with van der Waals surface area (Å²) in [6.07, 6.45) is 2.59. The van der Waals surface area contributed by atoms with Crippen LogP contribution in [0.1, 0.15) is 10.5 Å². The van der Waals surface area contributed by atoms with E-state index >= 15 is 0 Å². The Bertz CT molecular complexity index is 576. The fourth-order valence-corrected chi connectivity index (χ4v) is 1.20. The van der Waals surface area contributed by atoms with Gasteiger partial charge in [0.15, 0.2) is 0 Å². The van der Waals surface area contributed by atoms with Crippen molar-refractivity contribution in [2.45, 2.75) is 0 Å². The first-order chi connectivity index (χ1) is 7.22. The number of Topliss-reactive ketones (excluding diaryl/α,β-unsaturated/α-hetero) is 1. The van der Waals surface area contributed by atoms with Crippen molar-refractivity contribution in [2.75, 3.05) is 6.61 Å². The molecule has 2 rings (SSSR count). The highest BCUT2D eigenvalue weighted by Crippen LogP contribution is 2.06. The largest absolute Gasteiger partial charge is 0.388 e. The minimum absolute atomic E-state index is 0.0588. The van der Waals surface area contributed by atoms with Gasteiger partial charge in [-0.3, -0.25) is 14.6 Å². The lowest BCUT2D eigenvalue weighted by Gasteiger charge is -1.98. The first kappa shape index (κ1) is 9.47. The van der Waals surface area contributed by atoms with E-state index in [1.165, 1.54) is 18.6 Å². The third-order valence-electron chi connectivity index (χ3n) is 1.96. The van der Waals surface area contributed by atoms with Crippen LogP contribution < -0.4 is 5.56 Å². The molecule has 0 radical (unpaired) electrons. The number of hydrogen-bond acceptors (Lipinski definition) is 5. The van der Waals surface area contributed by atoms with Gasteiger partial charge in [0.25, 0.3) is 5.56 Å². The van der Waals surface area contributed by atoms with Crippen LogP contribution in [0, 0.1) is 0 Å². The van der Waals surface area contributed by atoms with E-state index < -0.39 is 12.4 Å². The third-order valence-corrected chi connectivity index (χ3v) is 1.96. The molecule has 2 aromatic rings. The molecule has 76 valence electrons. The van der Waals surface area contributed by atoms with Crippen molar-refractivity contribution in [3.63, 3.8) is 0 Å². The van der Waals surface area contributed by atoms with Crippen molar-refractivity contribution in [3.05, 3.63) is 34.6 Å². The smallest absolute Gasteiger partial charge is 0.258 e. The van der Waals surface area contributed by atoms with Crippen molar-refractivity contribution >= 4 is 16.7 Å². The molecule has 0 spiro atoms. The van der Waals surface area contributed by atoms with Crippen LogP contribution in [0.3, 0.4) is 0 Å². The molecule has 2 N–H and O–H groups in total. The summed E-state index contributed by atoms with van der Waals surface area (Å²) in [4.78, 5) is 32.5. The van der Waals surface area contributed by atoms with E-state index in [4.69, 9.17) is 5.11 Å². The standard InChI is InChI=1S/C9H7N3O3/c13-3-8(14)6-1-5-7(2-10-6)11-4-12-9(5)15/h1-2,4,13H,3H2,(H,11,12,15). The number of pyridine rings is 1. The zero-order valence-corrected chi connectivity index (χ0v) is 7.60. The summed E-state index contributed by atoms with van der Waals surface area (Å²) >= 11 is 0. The minimum Gasteiger partial charge on any atom is -0.388 e. The van der Waals surface area contributed by atoms with Crippen LogP contribution in [0.25, 0.3) is 10.9 Å². The van der Waals surface area contributed by atoms with Gasteiger partial charge in [0.2, 0.25) is 5.78 Å². The Kier molecular flexibility index (Phi) is 2.26. The Labute approximate surface area is 83.6 Å². The Morgan fingerprint density at radius 1 is 1.47 bits per heavy atom. The monoisotopic (exact) mass is 205 g/mol. The summed E-state index contributed by atoms with van der Waals surface area (Å²) in [5, 5.41) is 8.92. The summed E-state index contributed by atoms with van der Waals surface area (Å²) in [5.74, 6) is -0.528. The number of aliphatic hydroxyl groups excluding tert-OH is 1. The normalized spacial score (nSPS) is 10.5. The van der Waals surface area contributed by atoms with E-state index in [9.17, 15) is 9.59 Å². The number of aromatic nitrogens is 3. The lowest BCUT2D eigenvalue weighted by Crippen LogP contribution is -2.11. The average Bonchev–Trinajstić information content (AvgIpc) is 2.28. The van der Waals surface area contributed by atoms with Gasteiger partial charge in [0.05, 0.1) is 23.4 Å². The summed E-state index contributed by atoms with van der Waals surface area (Å²) in [6.45, 7) is -0.628. The fourth-order valence-electron chi connectivity index (χ4n) is 1.20. The molecule has 6 nitrogen and oxygen atoms in total. The zero-order chi connectivity index (χ0) is 10.8. The number of H-pyrrole nitrogens is 1. The number of hydrogen-bond donors (Lipinski definition) is 2. The molecule has 2 heterocycles. The maximum absolute atomic E-state index is 11.3. The van der Waals surface area contributed by atoms with Gasteiger partial charge in [-0.2, -0.15) is 0 Å². The molecular formula is C9H7N3O3. The number of carbonyl (C=O) groups is 1. The molecule has 0 aliphatic rings. The maximum Gasteiger partial charge on any atom is 0.258 e. The van der Waals surface area contributed by atoms with Crippen molar-refractivity contribution in [2.24, 2.45) is 0 Å². The number of ketones is 1. The number of aromatic amines is 1. The van der Waals surface area contributed by atoms with Gasteiger partial charge in [-0.25, -0.2) is 4.98 Å². The van der Waals surface area contributed by atoms with Gasteiger partial charge >= 0.3 is 0 Å². The van der Waals surface area contributed by atoms with E-state index in [1.54, 1.807) is 0 Å². The molecule has 2 aromatic heterocycles. The molecule has 6 heteroatoms. The van der Waals surface area contributed by atoms with Crippen LogP contribution in [0.4, 0.5) is 0 Å². The van der Waals surface area contributed by atoms with Crippen LogP contribution in [-0.2, 0) is 0 Å². The first-order valence-electron chi connectivity index (χ1n) is 4.20. The minimum atomic E-state index is -0.628. The second-order valence-electron chi connectivity index (χ2n) is 2.90. The molecule has 0 fully saturated rings. The molecule has 0 aromatic carbocycles. The van der Waals surface area contributed by atoms with Gasteiger partial charge in [-0.05, 0) is 6.07 Å². The van der Waals surface area contributed by atoms with Gasteiger partial charge in [-0.1, -0.05) is 0 Å². The second-order valence-corrected chi connectivity index (χ2v) is 2.90. The molecule has 15 heavy (non-hydrogen) atoms. The summed E-state index contributed by atoms with van der Waals surface area (Å²) in [6, 6.07) is 1.32. The molecule has 0 unspecified atom stereocenters. The summed E-state index contributed by atoms with van der Waals surface area (Å²) in [5.41, 5.74) is 0.131. The van der Waals surface area contributed by atoms with Crippen LogP contribution >= 0.6 is 0 Å². The molecule has 0 aliphatic heterocycles. The van der Waals surface area contributed by atoms with Crippen LogP contribution in [-0.4, -0.2) is 32.4 Å². The second kappa shape index (κ2) is 3.58. The molecule has 0 amide bonds. The molecule has 0 saturated carbocycles. The SMILES string of the molecule is O=C(CO)c1cc2c(=O)[nH]cnc2cn1. The lowest BCUT2D eigenvalue weighted by atomic mass is 10.2. The topological polar surface area (TPSA) is 95.9 Å². The summed E-state index contributed by atoms with van der Waals surface area (Å²) in [7, 11) is 0. The van der Waals surface area contributed by atoms with E-state index in [0.717, 1.165) is 0 Å². The average molecular weight is 205 g/mol. The van der Waals surface area contributed by atoms with Gasteiger partial charge in [0.1, 0.15) is 12.3 Å². The van der Waals surface area contributed by atoms with E-state index in [-0.39, 0.29) is 16.6 Å². The summed E-state index contributed by atoms with van der Waals surface area (Å²) < 4.78 is 0. The van der Waals surface area contributed by atoms with Crippen molar-refractivity contribution in [1.82, 2.24) is 15.0 Å². The number of carbonyl (C=O) groups excluding carboxylic acids is 1. The first-order valence-corrected chi connectivity index (χ1v) is 4.20. The van der Waals surface area contributed by atoms with Crippen LogP contribution in [0.15, 0.2) is 23.4 Å². The Hall–Kier alpha value is -2.08. The number of fused-ring (bicyclic) bond motifs is 1. The highest BCUT2D eigenvalue weighted by atomic mass is 16.3. The number of nitrogens with one attached hydrogen (secondary N) is 1. The quantitative estimate of drug-likeness (QED) is 0.644. The number of rotatable bonds is 2. The zero-order valence-electron chi connectivity index (χ0n) is 7.60. The fraction of sp³-hybridized carbons (Fsp3) is 0.111. The van der Waals surface area contributed by atoms with Gasteiger partial charge < -0.3 is 10.1 Å². The lowest BCUT2D eigenvalue weighted by molar-refractivity contribution is 0.0899. The maximum atomic E-state index is 11.3. The Balaban J connectivity index is 2.70. The molecule has 0 saturated heterocycles. The van der Waals surface area contributed by atoms with E-state index in [0.29, 0.717) is 5.52 Å². The molecule has 0 atom stereocenters. The number of nitrogens with zero attached hydrogens (tertiary/aromatic N) is 2. The highest BCUT2D eigenvalue weighted by molar-refractivity contribution is 5.97. The molecular weight excluding hydrogens is 198 g/mol. The van der Waals surface area contributed by atoms with Crippen LogP contribution in [0.5, 0.6) is 0 Å². The molecule has 0 aliphatic carbocycles. The Morgan fingerprint density at radius 3 is 3.00 bits per heavy atom. The third kappa shape index (κ3) is 1.62. The predicted molar refractivity (Wildman–Crippen MR) is 51.6 cm³/mol. The Morgan fingerprint density at radius 2 is 2.27 bits per heavy atom. The van der Waals surface area contributed by atoms with E-state index in [1.807, 2.05) is 0 Å².